The van der Waals surface area contributed by atoms with Crippen molar-refractivity contribution in [2.24, 2.45) is 0 Å². The van der Waals surface area contributed by atoms with Crippen molar-refractivity contribution in [2.75, 3.05) is 32.8 Å². The van der Waals surface area contributed by atoms with E-state index in [1.165, 1.54) is 12.1 Å². The van der Waals surface area contributed by atoms with E-state index in [1.807, 2.05) is 10.6 Å². The van der Waals surface area contributed by atoms with Crippen LogP contribution >= 0.6 is 0 Å². The molecule has 3 heterocycles. The number of hydrogen-bond donors (Lipinski definition) is 3. The first kappa shape index (κ1) is 26.8. The number of carbonyl (C=O) groups is 1. The van der Waals surface area contributed by atoms with Crippen LogP contribution in [-0.2, 0) is 17.6 Å². The molecule has 11 heteroatoms. The summed E-state index contributed by atoms with van der Waals surface area (Å²) in [5.74, 6) is -0.617. The fourth-order valence-electron chi connectivity index (χ4n) is 5.19. The average molecular weight is 540 g/mol. The number of rotatable bonds is 9. The highest BCUT2D eigenvalue weighted by molar-refractivity contribution is 6.03. The van der Waals surface area contributed by atoms with Crippen LogP contribution in [0.1, 0.15) is 30.0 Å². The summed E-state index contributed by atoms with van der Waals surface area (Å²) in [6, 6.07) is 11.0. The summed E-state index contributed by atoms with van der Waals surface area (Å²) < 4.78 is 25.9. The second kappa shape index (κ2) is 11.5. The van der Waals surface area contributed by atoms with Crippen molar-refractivity contribution in [1.82, 2.24) is 14.8 Å². The summed E-state index contributed by atoms with van der Waals surface area (Å²) in [7, 11) is 0. The molecule has 2 aromatic heterocycles. The normalized spacial score (nSPS) is 15.0. The molecule has 2 aromatic carbocycles. The molecular formula is C28H30FN3O7. The number of benzene rings is 2. The minimum absolute atomic E-state index is 0.00366. The Kier molecular flexibility index (Phi) is 7.92. The summed E-state index contributed by atoms with van der Waals surface area (Å²) in [6.45, 7) is 1.66. The second-order valence-electron chi connectivity index (χ2n) is 9.89. The van der Waals surface area contributed by atoms with Crippen LogP contribution in [0.4, 0.5) is 4.39 Å². The van der Waals surface area contributed by atoms with Gasteiger partial charge in [0.05, 0.1) is 31.2 Å². The third-order valence-corrected chi connectivity index (χ3v) is 7.25. The van der Waals surface area contributed by atoms with E-state index in [0.29, 0.717) is 16.5 Å². The third kappa shape index (κ3) is 5.80. The molecule has 3 N–H and O–H groups in total. The molecule has 0 saturated carbocycles. The van der Waals surface area contributed by atoms with Crippen LogP contribution in [0.5, 0.6) is 0 Å². The van der Waals surface area contributed by atoms with Crippen molar-refractivity contribution in [2.45, 2.75) is 37.8 Å². The van der Waals surface area contributed by atoms with E-state index in [-0.39, 0.29) is 48.7 Å². The minimum atomic E-state index is -1.08. The maximum Gasteiger partial charge on any atom is 0.424 e. The molecule has 206 valence electrons. The topological polar surface area (TPSA) is 138 Å². The number of halogens is 1. The Labute approximate surface area is 222 Å². The number of aliphatic hydroxyl groups is 2. The second-order valence-corrected chi connectivity index (χ2v) is 9.89. The largest absolute Gasteiger partial charge is 0.424 e. The van der Waals surface area contributed by atoms with Crippen molar-refractivity contribution in [1.29, 1.82) is 0 Å². The number of piperidine rings is 1. The smallest absolute Gasteiger partial charge is 0.412 e. The zero-order chi connectivity index (χ0) is 27.5. The Morgan fingerprint density at radius 1 is 1.00 bits per heavy atom. The monoisotopic (exact) mass is 539 g/mol. The maximum atomic E-state index is 13.2. The van der Waals surface area contributed by atoms with E-state index in [4.69, 9.17) is 8.83 Å². The molecule has 1 aliphatic rings. The van der Waals surface area contributed by atoms with Gasteiger partial charge in [0.25, 0.3) is 0 Å². The van der Waals surface area contributed by atoms with Crippen molar-refractivity contribution in [3.8, 4) is 0 Å². The summed E-state index contributed by atoms with van der Waals surface area (Å²) >= 11 is 0. The van der Waals surface area contributed by atoms with Crippen LogP contribution in [0.25, 0.3) is 22.2 Å². The maximum absolute atomic E-state index is 13.2. The molecule has 0 atom stereocenters. The predicted molar refractivity (Wildman–Crippen MR) is 141 cm³/mol. The number of nitrogens with one attached hydrogen (secondary N) is 1. The molecule has 1 fully saturated rings. The van der Waals surface area contributed by atoms with Gasteiger partial charge in [-0.3, -0.25) is 4.79 Å². The summed E-state index contributed by atoms with van der Waals surface area (Å²) in [4.78, 5) is 38.9. The van der Waals surface area contributed by atoms with E-state index in [1.54, 1.807) is 24.3 Å². The lowest BCUT2D eigenvalue weighted by Gasteiger charge is -2.33. The number of hydrogen-bond acceptors (Lipinski definition) is 8. The lowest BCUT2D eigenvalue weighted by atomic mass is 10.0. The number of aliphatic hydroxyl groups excluding tert-OH is 2. The van der Waals surface area contributed by atoms with Gasteiger partial charge in [-0.25, -0.2) is 14.0 Å². The minimum Gasteiger partial charge on any atom is -0.412 e. The highest BCUT2D eigenvalue weighted by atomic mass is 19.1. The Balaban J connectivity index is 1.40. The Bertz CT molecular complexity index is 1580. The van der Waals surface area contributed by atoms with E-state index in [0.717, 1.165) is 44.5 Å². The molecule has 1 saturated heterocycles. The molecule has 0 unspecified atom stereocenters. The predicted octanol–water partition coefficient (Wildman–Crippen LogP) is 1.73. The summed E-state index contributed by atoms with van der Waals surface area (Å²) in [5, 5.41) is 21.7. The van der Waals surface area contributed by atoms with Gasteiger partial charge in [-0.15, -0.1) is 0 Å². The lowest BCUT2D eigenvalue weighted by molar-refractivity contribution is -0.121. The van der Waals surface area contributed by atoms with Gasteiger partial charge in [0.2, 0.25) is 17.2 Å². The highest BCUT2D eigenvalue weighted by Gasteiger charge is 2.27. The molecule has 4 aromatic rings. The van der Waals surface area contributed by atoms with Gasteiger partial charge < -0.3 is 33.8 Å². The molecule has 5 rings (SSSR count). The van der Waals surface area contributed by atoms with Gasteiger partial charge in [-0.05, 0) is 54.7 Å². The van der Waals surface area contributed by atoms with Crippen LogP contribution in [0, 0.1) is 5.82 Å². The van der Waals surface area contributed by atoms with Crippen LogP contribution in [0.15, 0.2) is 60.9 Å². The molecular weight excluding hydrogens is 509 g/mol. The zero-order valence-electron chi connectivity index (χ0n) is 21.3. The zero-order valence-corrected chi connectivity index (χ0v) is 21.3. The first-order valence-electron chi connectivity index (χ1n) is 12.9. The van der Waals surface area contributed by atoms with Gasteiger partial charge in [-0.1, -0.05) is 18.2 Å². The highest BCUT2D eigenvalue weighted by Crippen LogP contribution is 2.35. The van der Waals surface area contributed by atoms with E-state index in [9.17, 15) is 29.0 Å². The first-order valence-corrected chi connectivity index (χ1v) is 12.9. The van der Waals surface area contributed by atoms with E-state index < -0.39 is 17.3 Å². The third-order valence-electron chi connectivity index (χ3n) is 7.25. The van der Waals surface area contributed by atoms with Crippen molar-refractivity contribution < 1.29 is 28.2 Å². The van der Waals surface area contributed by atoms with Crippen LogP contribution in [-0.4, -0.2) is 64.5 Å². The van der Waals surface area contributed by atoms with E-state index >= 15 is 0 Å². The van der Waals surface area contributed by atoms with Crippen molar-refractivity contribution in [3.63, 3.8) is 0 Å². The Hall–Kier alpha value is -3.80. The lowest BCUT2D eigenvalue weighted by Crippen LogP contribution is -2.40. The quantitative estimate of drug-likeness (QED) is 0.274. The summed E-state index contributed by atoms with van der Waals surface area (Å²) in [6.07, 6.45) is 2.32. The number of amides is 1. The summed E-state index contributed by atoms with van der Waals surface area (Å²) in [5.41, 5.74) is 0.616. The molecule has 1 aliphatic heterocycles. The molecule has 1 amide bonds. The number of fused-ring (bicyclic) bond motifs is 3. The molecule has 10 nitrogen and oxygen atoms in total. The SMILES string of the molecule is O=C(Cc1ccc2c3oc(=O)c(=O)oc3n(C3CCN(CCc4ccc(F)cc4)CC3)c2c1)NC(CO)CO. The van der Waals surface area contributed by atoms with E-state index in [2.05, 4.69) is 10.2 Å². The Morgan fingerprint density at radius 2 is 1.67 bits per heavy atom. The molecule has 39 heavy (non-hydrogen) atoms. The number of carbonyl (C=O) groups excluding carboxylic acids is 1. The molecule has 0 radical (unpaired) electrons. The first-order chi connectivity index (χ1) is 18.9. The molecule has 0 bridgehead atoms. The van der Waals surface area contributed by atoms with Crippen molar-refractivity contribution >= 4 is 28.1 Å². The van der Waals surface area contributed by atoms with Gasteiger partial charge in [-0.2, -0.15) is 0 Å². The van der Waals surface area contributed by atoms with Crippen LogP contribution in [0.3, 0.4) is 0 Å². The fourth-order valence-corrected chi connectivity index (χ4v) is 5.19. The fraction of sp³-hybridized carbons (Fsp3) is 0.393. The molecule has 0 spiro atoms. The van der Waals surface area contributed by atoms with Crippen molar-refractivity contribution in [3.05, 3.63) is 80.2 Å². The van der Waals surface area contributed by atoms with Gasteiger partial charge in [0.15, 0.2) is 0 Å². The Morgan fingerprint density at radius 3 is 2.36 bits per heavy atom. The molecule has 0 aliphatic carbocycles. The number of nitrogens with zero attached hydrogens (tertiary/aromatic N) is 2. The number of likely N-dealkylation sites (tertiary alicyclic amines) is 1. The van der Waals surface area contributed by atoms with Gasteiger partial charge >= 0.3 is 11.3 Å². The van der Waals surface area contributed by atoms with Gasteiger partial charge in [0, 0.05) is 31.1 Å². The van der Waals surface area contributed by atoms with Crippen LogP contribution in [0.2, 0.25) is 0 Å². The van der Waals surface area contributed by atoms with Gasteiger partial charge in [0.1, 0.15) is 5.82 Å². The number of aromatic nitrogens is 1. The average Bonchev–Trinajstić information content (AvgIpc) is 3.24. The standard InChI is InChI=1S/C28H30FN3O7/c29-19-4-1-17(2-5-19)7-10-31-11-8-21(9-12-31)32-23-13-18(14-24(35)30-20(15-33)16-34)3-6-22(23)25-26(32)39-28(37)27(36)38-25/h1-6,13,20-21,33-34H,7-12,14-16H2,(H,30,35). The van der Waals surface area contributed by atoms with Crippen LogP contribution < -0.4 is 16.6 Å².